The van der Waals surface area contributed by atoms with Gasteiger partial charge in [-0.2, -0.15) is 5.21 Å². The Kier molecular flexibility index (Phi) is 4.40. The summed E-state index contributed by atoms with van der Waals surface area (Å²) < 4.78 is 10.8. The molecule has 0 saturated carbocycles. The van der Waals surface area contributed by atoms with Gasteiger partial charge in [-0.15, -0.1) is 10.2 Å². The Morgan fingerprint density at radius 2 is 2.36 bits per heavy atom. The fourth-order valence-electron chi connectivity index (χ4n) is 2.48. The molecule has 3 rings (SSSR count). The van der Waals surface area contributed by atoms with Crippen LogP contribution in [0.4, 0.5) is 0 Å². The molecule has 0 bridgehead atoms. The highest BCUT2D eigenvalue weighted by Crippen LogP contribution is 2.21. The molecule has 0 spiro atoms. The topological polar surface area (TPSA) is 93.2 Å². The first-order valence-corrected chi connectivity index (χ1v) is 7.00. The van der Waals surface area contributed by atoms with Crippen molar-refractivity contribution in [3.05, 3.63) is 41.2 Å². The number of hydrogen-bond acceptors (Lipinski definition) is 6. The summed E-state index contributed by atoms with van der Waals surface area (Å²) >= 11 is 0. The van der Waals surface area contributed by atoms with E-state index < -0.39 is 0 Å². The number of ether oxygens (including phenoxy) is 2. The molecule has 22 heavy (non-hydrogen) atoms. The molecule has 1 aromatic carbocycles. The number of H-pyrrole nitrogens is 1. The zero-order valence-corrected chi connectivity index (χ0v) is 12.2. The van der Waals surface area contributed by atoms with Crippen molar-refractivity contribution in [3.63, 3.8) is 0 Å². The number of benzene rings is 1. The molecule has 1 saturated heterocycles. The number of aromatic nitrogens is 4. The molecule has 116 valence electrons. The number of amides is 1. The van der Waals surface area contributed by atoms with Crippen molar-refractivity contribution in [2.75, 3.05) is 26.8 Å². The van der Waals surface area contributed by atoms with Crippen LogP contribution >= 0.6 is 0 Å². The van der Waals surface area contributed by atoms with E-state index in [1.54, 1.807) is 12.0 Å². The van der Waals surface area contributed by atoms with Crippen LogP contribution in [0.1, 0.15) is 27.8 Å². The molecule has 1 aliphatic rings. The lowest BCUT2D eigenvalue weighted by atomic mass is 10.1. The molecule has 0 aliphatic carbocycles. The zero-order valence-electron chi connectivity index (χ0n) is 12.2. The second kappa shape index (κ2) is 6.63. The molecule has 1 atom stereocenters. The minimum Gasteiger partial charge on any atom is -0.380 e. The Labute approximate surface area is 127 Å². The molecule has 2 heterocycles. The highest BCUT2D eigenvalue weighted by Gasteiger charge is 2.29. The summed E-state index contributed by atoms with van der Waals surface area (Å²) in [7, 11) is 1.61. The van der Waals surface area contributed by atoms with Crippen LogP contribution in [0.2, 0.25) is 0 Å². The summed E-state index contributed by atoms with van der Waals surface area (Å²) in [5, 5.41) is 13.8. The molecule has 1 unspecified atom stereocenters. The molecule has 1 amide bonds. The Morgan fingerprint density at radius 1 is 1.50 bits per heavy atom. The second-order valence-electron chi connectivity index (χ2n) is 4.97. The van der Waals surface area contributed by atoms with E-state index in [4.69, 9.17) is 9.47 Å². The maximum Gasteiger partial charge on any atom is 0.254 e. The van der Waals surface area contributed by atoms with Crippen LogP contribution in [-0.2, 0) is 16.1 Å². The maximum atomic E-state index is 12.8. The number of carbonyl (C=O) groups is 1. The number of aromatic amines is 1. The fourth-order valence-corrected chi connectivity index (χ4v) is 2.48. The summed E-state index contributed by atoms with van der Waals surface area (Å²) in [6.07, 6.45) is -0.356. The Balaban J connectivity index is 1.77. The van der Waals surface area contributed by atoms with Crippen LogP contribution in [0, 0.1) is 0 Å². The number of hydrogen-bond donors (Lipinski definition) is 1. The predicted molar refractivity (Wildman–Crippen MR) is 75.9 cm³/mol. The first-order chi connectivity index (χ1) is 10.8. The maximum absolute atomic E-state index is 12.8. The zero-order chi connectivity index (χ0) is 15.4. The van der Waals surface area contributed by atoms with E-state index in [0.717, 1.165) is 5.56 Å². The van der Waals surface area contributed by atoms with Gasteiger partial charge < -0.3 is 14.4 Å². The van der Waals surface area contributed by atoms with Crippen molar-refractivity contribution in [2.45, 2.75) is 12.7 Å². The van der Waals surface area contributed by atoms with Gasteiger partial charge in [0.25, 0.3) is 5.91 Å². The van der Waals surface area contributed by atoms with Crippen molar-refractivity contribution < 1.29 is 14.3 Å². The van der Waals surface area contributed by atoms with E-state index in [2.05, 4.69) is 20.6 Å². The smallest absolute Gasteiger partial charge is 0.254 e. The van der Waals surface area contributed by atoms with Gasteiger partial charge in [0, 0.05) is 19.2 Å². The predicted octanol–water partition coefficient (Wildman–Crippen LogP) is 0.560. The largest absolute Gasteiger partial charge is 0.380 e. The van der Waals surface area contributed by atoms with Crippen LogP contribution in [0.5, 0.6) is 0 Å². The number of nitrogens with zero attached hydrogens (tertiary/aromatic N) is 4. The van der Waals surface area contributed by atoms with Gasteiger partial charge in [0.1, 0.15) is 6.10 Å². The van der Waals surface area contributed by atoms with Crippen LogP contribution in [0.15, 0.2) is 24.3 Å². The van der Waals surface area contributed by atoms with Gasteiger partial charge in [-0.05, 0) is 11.6 Å². The number of methoxy groups -OCH3 is 1. The normalized spacial score (nSPS) is 18.4. The molecule has 8 nitrogen and oxygen atoms in total. The average molecular weight is 303 g/mol. The molecule has 8 heteroatoms. The molecule has 1 fully saturated rings. The summed E-state index contributed by atoms with van der Waals surface area (Å²) in [5.41, 5.74) is 1.52. The van der Waals surface area contributed by atoms with Crippen molar-refractivity contribution in [3.8, 4) is 0 Å². The van der Waals surface area contributed by atoms with E-state index in [9.17, 15) is 4.79 Å². The summed E-state index contributed by atoms with van der Waals surface area (Å²) in [6.45, 7) is 1.78. The Morgan fingerprint density at radius 3 is 3.14 bits per heavy atom. The third-order valence-electron chi connectivity index (χ3n) is 3.55. The second-order valence-corrected chi connectivity index (χ2v) is 4.97. The number of tetrazole rings is 1. The molecular weight excluding hydrogens is 286 g/mol. The van der Waals surface area contributed by atoms with Crippen molar-refractivity contribution in [1.29, 1.82) is 0 Å². The lowest BCUT2D eigenvalue weighted by molar-refractivity contribution is -0.0268. The number of rotatable bonds is 4. The van der Waals surface area contributed by atoms with Crippen LogP contribution in [0.3, 0.4) is 0 Å². The van der Waals surface area contributed by atoms with Crippen LogP contribution < -0.4 is 0 Å². The minimum atomic E-state index is -0.356. The minimum absolute atomic E-state index is 0.0376. The van der Waals surface area contributed by atoms with Gasteiger partial charge in [-0.1, -0.05) is 23.4 Å². The number of nitrogens with one attached hydrogen (secondary N) is 1. The first kappa shape index (κ1) is 14.6. The summed E-state index contributed by atoms with van der Waals surface area (Å²) in [5.74, 6) is 0.423. The van der Waals surface area contributed by atoms with E-state index >= 15 is 0 Å². The summed E-state index contributed by atoms with van der Waals surface area (Å²) in [4.78, 5) is 14.5. The Hall–Kier alpha value is -2.32. The van der Waals surface area contributed by atoms with Gasteiger partial charge in [-0.3, -0.25) is 4.79 Å². The lowest BCUT2D eigenvalue weighted by Gasteiger charge is -2.31. The highest BCUT2D eigenvalue weighted by atomic mass is 16.5. The van der Waals surface area contributed by atoms with Crippen molar-refractivity contribution in [1.82, 2.24) is 25.5 Å². The molecule has 1 aromatic heterocycles. The van der Waals surface area contributed by atoms with Crippen LogP contribution in [-0.4, -0.2) is 58.2 Å². The number of morpholine rings is 1. The Bertz CT molecular complexity index is 631. The fraction of sp³-hybridized carbons (Fsp3) is 0.429. The van der Waals surface area contributed by atoms with Gasteiger partial charge in [0.05, 0.1) is 19.8 Å². The third-order valence-corrected chi connectivity index (χ3v) is 3.55. The standard InChI is InChI=1S/C14H17N5O3/c1-21-9-10-4-2-3-5-11(10)14(20)19-6-7-22-12(8-19)13-15-17-18-16-13/h2-5,12H,6-9H2,1H3,(H,15,16,17,18). The highest BCUT2D eigenvalue weighted by molar-refractivity contribution is 5.95. The van der Waals surface area contributed by atoms with Gasteiger partial charge in [-0.25, -0.2) is 0 Å². The van der Waals surface area contributed by atoms with E-state index in [-0.39, 0.29) is 12.0 Å². The number of carbonyl (C=O) groups excluding carboxylic acids is 1. The molecule has 2 aromatic rings. The van der Waals surface area contributed by atoms with E-state index in [1.807, 2.05) is 24.3 Å². The molecule has 1 N–H and O–H groups in total. The van der Waals surface area contributed by atoms with E-state index in [0.29, 0.717) is 37.7 Å². The van der Waals surface area contributed by atoms with Crippen LogP contribution in [0.25, 0.3) is 0 Å². The first-order valence-electron chi connectivity index (χ1n) is 7.00. The van der Waals surface area contributed by atoms with Crippen molar-refractivity contribution >= 4 is 5.91 Å². The monoisotopic (exact) mass is 303 g/mol. The van der Waals surface area contributed by atoms with Gasteiger partial charge >= 0.3 is 0 Å². The quantitative estimate of drug-likeness (QED) is 0.887. The lowest BCUT2D eigenvalue weighted by Crippen LogP contribution is -2.42. The molecular formula is C14H17N5O3. The van der Waals surface area contributed by atoms with E-state index in [1.165, 1.54) is 0 Å². The van der Waals surface area contributed by atoms with Gasteiger partial charge in [0.15, 0.2) is 0 Å². The molecule has 0 radical (unpaired) electrons. The summed E-state index contributed by atoms with van der Waals surface area (Å²) in [6, 6.07) is 7.46. The van der Waals surface area contributed by atoms with Crippen molar-refractivity contribution in [2.24, 2.45) is 0 Å². The third kappa shape index (κ3) is 2.97. The SMILES string of the molecule is COCc1ccccc1C(=O)N1CCOC(c2nn[nH]n2)C1. The molecule has 1 aliphatic heterocycles. The average Bonchev–Trinajstić information content (AvgIpc) is 3.10. The van der Waals surface area contributed by atoms with Gasteiger partial charge in [0.2, 0.25) is 5.82 Å².